The molecule has 2 bridgehead atoms. The maximum absolute atomic E-state index is 12.7. The Morgan fingerprint density at radius 1 is 0.488 bits per heavy atom. The molecule has 6 rings (SSSR count). The molecule has 0 N–H and O–H groups in total. The van der Waals surface area contributed by atoms with Crippen molar-refractivity contribution < 1.29 is 38.1 Å². The fourth-order valence-corrected chi connectivity index (χ4v) is 19.2. The van der Waals surface area contributed by atoms with Gasteiger partial charge in [0.05, 0.1) is 43.4 Å². The predicted molar refractivity (Wildman–Crippen MR) is 182 cm³/mol. The molecule has 16 heteroatoms. The van der Waals surface area contributed by atoms with Gasteiger partial charge in [-0.15, -0.1) is 47.0 Å². The molecule has 43 heavy (non-hydrogen) atoms. The molecule has 4 fully saturated rings. The smallest absolute Gasteiger partial charge is 0.346 e. The van der Waals surface area contributed by atoms with Crippen molar-refractivity contribution in [3.05, 3.63) is 36.6 Å². The quantitative estimate of drug-likeness (QED) is 0.189. The van der Waals surface area contributed by atoms with Gasteiger partial charge in [-0.05, 0) is 46.0 Å². The molecule has 232 valence electrons. The maximum Gasteiger partial charge on any atom is 0.346 e. The van der Waals surface area contributed by atoms with E-state index in [-0.39, 0.29) is 26.4 Å². The maximum atomic E-state index is 12.7. The molecule has 8 nitrogen and oxygen atoms in total. The van der Waals surface area contributed by atoms with E-state index < -0.39 is 23.9 Å². The Bertz CT molecular complexity index is 1190. The van der Waals surface area contributed by atoms with Crippen LogP contribution in [0.15, 0.2) is 36.6 Å². The molecular weight excluding hydrogens is 709 g/mol. The summed E-state index contributed by atoms with van der Waals surface area (Å²) in [7, 11) is 0. The van der Waals surface area contributed by atoms with Crippen LogP contribution in [0.3, 0.4) is 0 Å². The third-order valence-corrected chi connectivity index (χ3v) is 20.2. The van der Waals surface area contributed by atoms with Gasteiger partial charge in [-0.1, -0.05) is 47.0 Å². The van der Waals surface area contributed by atoms with Crippen LogP contribution < -0.4 is 0 Å². The van der Waals surface area contributed by atoms with Crippen molar-refractivity contribution in [2.75, 3.05) is 26.4 Å². The summed E-state index contributed by atoms with van der Waals surface area (Å²) in [6.07, 6.45) is 1.19. The first-order valence-corrected chi connectivity index (χ1v) is 20.6. The highest BCUT2D eigenvalue weighted by molar-refractivity contribution is 8.34. The lowest BCUT2D eigenvalue weighted by Gasteiger charge is -2.30. The second-order valence-electron chi connectivity index (χ2n) is 9.65. The minimum absolute atomic E-state index is 0.240. The number of rotatable bonds is 8. The van der Waals surface area contributed by atoms with E-state index in [1.165, 1.54) is 61.9 Å². The summed E-state index contributed by atoms with van der Waals surface area (Å²) in [5.74, 6) is -0.868. The summed E-state index contributed by atoms with van der Waals surface area (Å²) < 4.78 is 25.2. The Morgan fingerprint density at radius 2 is 0.744 bits per heavy atom. The molecule has 0 spiro atoms. The summed E-state index contributed by atoms with van der Waals surface area (Å²) in [5, 5.41) is 1.84. The average molecular weight is 737 g/mol. The van der Waals surface area contributed by atoms with E-state index in [2.05, 4.69) is 0 Å². The van der Waals surface area contributed by atoms with Gasteiger partial charge in [0.1, 0.15) is 19.6 Å². The molecule has 6 aliphatic rings. The normalized spacial score (nSPS) is 30.8. The predicted octanol–water partition coefficient (Wildman–Crippen LogP) is 6.96. The number of carbonyl (C=O) groups excluding carboxylic acids is 4. The zero-order chi connectivity index (χ0) is 30.4. The van der Waals surface area contributed by atoms with E-state index in [1.54, 1.807) is 27.7 Å². The Labute approximate surface area is 284 Å². The van der Waals surface area contributed by atoms with Crippen molar-refractivity contribution in [3.8, 4) is 0 Å². The number of esters is 4. The van der Waals surface area contributed by atoms with Gasteiger partial charge in [0.2, 0.25) is 0 Å². The topological polar surface area (TPSA) is 105 Å². The van der Waals surface area contributed by atoms with E-state index in [0.717, 1.165) is 8.47 Å². The Kier molecular flexibility index (Phi) is 10.4. The van der Waals surface area contributed by atoms with Crippen LogP contribution >= 0.6 is 94.1 Å². The highest BCUT2D eigenvalue weighted by Crippen LogP contribution is 2.74. The summed E-state index contributed by atoms with van der Waals surface area (Å²) in [5.41, 5.74) is 0. The van der Waals surface area contributed by atoms with Crippen molar-refractivity contribution >= 4 is 118 Å². The standard InChI is InChI=1S/C27H28O8S8/c1-5-32-20(28)16-17(21(29)33-6-2)41-26(40-16)24-36-12-10-9-11(13(12)37-24)15-14(10)38-25(39-15)27-42-18(22(30)34-7-3)19(43-27)23(31)35-8-4/h10-15H,5-9H2,1-4H3/t10?,11?,12-,13+,14+,15-. The third kappa shape index (κ3) is 6.09. The highest BCUT2D eigenvalue weighted by atomic mass is 32.2. The van der Waals surface area contributed by atoms with Crippen molar-refractivity contribution in [2.24, 2.45) is 11.8 Å². The summed E-state index contributed by atoms with van der Waals surface area (Å²) in [4.78, 5) is 51.9. The molecule has 2 saturated carbocycles. The van der Waals surface area contributed by atoms with Crippen LogP contribution in [-0.4, -0.2) is 71.3 Å². The molecule has 2 aliphatic carbocycles. The van der Waals surface area contributed by atoms with Crippen LogP contribution in [0.5, 0.6) is 0 Å². The summed E-state index contributed by atoms with van der Waals surface area (Å²) in [6, 6.07) is 0. The van der Waals surface area contributed by atoms with Gasteiger partial charge in [-0.3, -0.25) is 0 Å². The number of ether oxygens (including phenoxy) is 4. The first-order valence-electron chi connectivity index (χ1n) is 13.8. The number of hydrogen-bond donors (Lipinski definition) is 0. The molecule has 0 aromatic heterocycles. The first kappa shape index (κ1) is 32.6. The van der Waals surface area contributed by atoms with Crippen molar-refractivity contribution in [1.82, 2.24) is 0 Å². The zero-order valence-electron chi connectivity index (χ0n) is 23.5. The van der Waals surface area contributed by atoms with E-state index in [1.807, 2.05) is 47.0 Å². The number of thioether (sulfide) groups is 8. The molecule has 4 heterocycles. The van der Waals surface area contributed by atoms with E-state index in [9.17, 15) is 19.2 Å². The number of carbonyl (C=O) groups is 4. The fraction of sp³-hybridized carbons (Fsp3) is 0.556. The molecule has 2 saturated heterocycles. The molecule has 6 atom stereocenters. The number of hydrogen-bond acceptors (Lipinski definition) is 16. The highest BCUT2D eigenvalue weighted by Gasteiger charge is 2.64. The van der Waals surface area contributed by atoms with Crippen molar-refractivity contribution in [3.63, 3.8) is 0 Å². The second kappa shape index (κ2) is 13.8. The summed E-state index contributed by atoms with van der Waals surface area (Å²) >= 11 is 12.9. The van der Waals surface area contributed by atoms with Crippen molar-refractivity contribution in [1.29, 1.82) is 0 Å². The Balaban J connectivity index is 1.17. The zero-order valence-corrected chi connectivity index (χ0v) is 30.1. The summed E-state index contributed by atoms with van der Waals surface area (Å²) in [6.45, 7) is 7.97. The lowest BCUT2D eigenvalue weighted by Crippen LogP contribution is -2.38. The minimum Gasteiger partial charge on any atom is -0.462 e. The van der Waals surface area contributed by atoms with Crippen LogP contribution in [0, 0.1) is 11.8 Å². The van der Waals surface area contributed by atoms with Gasteiger partial charge in [-0.25, -0.2) is 19.2 Å². The first-order chi connectivity index (χ1) is 20.8. The monoisotopic (exact) mass is 736 g/mol. The van der Waals surface area contributed by atoms with Gasteiger partial charge < -0.3 is 18.9 Å². The number of fused-ring (bicyclic) bond motifs is 8. The van der Waals surface area contributed by atoms with Crippen LogP contribution in [0.1, 0.15) is 34.1 Å². The molecule has 0 aromatic rings. The van der Waals surface area contributed by atoms with Crippen LogP contribution in [0.25, 0.3) is 0 Å². The Hall–Kier alpha value is -0.360. The molecule has 4 aliphatic heterocycles. The minimum atomic E-state index is -0.482. The molecular formula is C27H28O8S8. The van der Waals surface area contributed by atoms with E-state index in [4.69, 9.17) is 18.9 Å². The SMILES string of the molecule is CCOC(=O)C1=C(C(=O)OCC)SC(=C2S[C@@H]3C4CC([C@H]5SC(=C6SC(C(=O)OCC)=C(C(=O)OCC)S6)S[C@@H]45)[C@@H]3S2)S1. The Morgan fingerprint density at radius 3 is 0.977 bits per heavy atom. The van der Waals surface area contributed by atoms with Crippen LogP contribution in [0.2, 0.25) is 0 Å². The average Bonchev–Trinajstić information content (AvgIpc) is 3.80. The van der Waals surface area contributed by atoms with Crippen LogP contribution in [0.4, 0.5) is 0 Å². The molecule has 0 aromatic carbocycles. The lowest BCUT2D eigenvalue weighted by molar-refractivity contribution is -0.140. The van der Waals surface area contributed by atoms with Gasteiger partial charge in [0.15, 0.2) is 0 Å². The third-order valence-electron chi connectivity index (χ3n) is 7.22. The molecule has 0 amide bonds. The van der Waals surface area contributed by atoms with E-state index in [0.29, 0.717) is 52.5 Å². The molecule has 0 radical (unpaired) electrons. The fourth-order valence-electron chi connectivity index (χ4n) is 5.65. The van der Waals surface area contributed by atoms with Gasteiger partial charge in [0, 0.05) is 21.0 Å². The lowest BCUT2D eigenvalue weighted by atomic mass is 9.98. The van der Waals surface area contributed by atoms with Crippen molar-refractivity contribution in [2.45, 2.75) is 55.1 Å². The molecule has 2 unspecified atom stereocenters. The second-order valence-corrected chi connectivity index (χ2v) is 19.5. The van der Waals surface area contributed by atoms with Gasteiger partial charge >= 0.3 is 23.9 Å². The van der Waals surface area contributed by atoms with Gasteiger partial charge in [-0.2, -0.15) is 0 Å². The van der Waals surface area contributed by atoms with Gasteiger partial charge in [0.25, 0.3) is 0 Å². The van der Waals surface area contributed by atoms with E-state index >= 15 is 0 Å². The largest absolute Gasteiger partial charge is 0.462 e. The van der Waals surface area contributed by atoms with Crippen LogP contribution in [-0.2, 0) is 38.1 Å².